The van der Waals surface area contributed by atoms with Crippen LogP contribution in [0.15, 0.2) is 0 Å². The lowest BCUT2D eigenvalue weighted by Gasteiger charge is -2.30. The van der Waals surface area contributed by atoms with E-state index >= 15 is 0 Å². The molecule has 1 saturated carbocycles. The molecule has 1 fully saturated rings. The predicted molar refractivity (Wildman–Crippen MR) is 35.5 cm³/mol. The Balaban J connectivity index is 1.97. The van der Waals surface area contributed by atoms with E-state index in [1.807, 2.05) is 0 Å². The van der Waals surface area contributed by atoms with E-state index in [0.717, 1.165) is 19.1 Å². The van der Waals surface area contributed by atoms with Crippen molar-refractivity contribution in [2.75, 3.05) is 13.9 Å². The molecule has 58 valence electrons. The summed E-state index contributed by atoms with van der Waals surface area (Å²) in [6.45, 7) is 0.343. The summed E-state index contributed by atoms with van der Waals surface area (Å²) in [7, 11) is 1.59. The Kier molecular flexibility index (Phi) is 2.83. The van der Waals surface area contributed by atoms with Crippen LogP contribution in [-0.2, 0) is 14.3 Å². The van der Waals surface area contributed by atoms with Gasteiger partial charge < -0.3 is 14.3 Å². The van der Waals surface area contributed by atoms with Crippen LogP contribution in [0.1, 0.15) is 12.8 Å². The maximum Gasteiger partial charge on any atom is 0.146 e. The van der Waals surface area contributed by atoms with E-state index in [1.54, 1.807) is 7.11 Å². The van der Waals surface area contributed by atoms with Gasteiger partial charge in [-0.3, -0.25) is 0 Å². The molecule has 3 nitrogen and oxygen atoms in total. The average molecular weight is 144 g/mol. The Hall–Kier alpha value is -0.410. The van der Waals surface area contributed by atoms with Gasteiger partial charge in [-0.05, 0) is 12.8 Å². The third-order valence-electron chi connectivity index (χ3n) is 1.75. The average Bonchev–Trinajstić information content (AvgIpc) is 1.86. The van der Waals surface area contributed by atoms with Crippen LogP contribution in [0.2, 0.25) is 0 Å². The minimum Gasteiger partial charge on any atom is -0.359 e. The van der Waals surface area contributed by atoms with Gasteiger partial charge in [0.15, 0.2) is 0 Å². The van der Waals surface area contributed by atoms with Gasteiger partial charge in [0.1, 0.15) is 13.1 Å². The normalized spacial score (nSPS) is 31.3. The highest BCUT2D eigenvalue weighted by Gasteiger charge is 2.28. The van der Waals surface area contributed by atoms with Crippen molar-refractivity contribution in [1.82, 2.24) is 0 Å². The van der Waals surface area contributed by atoms with Crippen LogP contribution in [0.4, 0.5) is 0 Å². The third-order valence-corrected chi connectivity index (χ3v) is 1.75. The molecule has 0 aromatic rings. The van der Waals surface area contributed by atoms with Crippen molar-refractivity contribution in [2.24, 2.45) is 5.92 Å². The first-order chi connectivity index (χ1) is 4.86. The van der Waals surface area contributed by atoms with E-state index < -0.39 is 0 Å². The van der Waals surface area contributed by atoms with E-state index in [-0.39, 0.29) is 12.0 Å². The lowest BCUT2D eigenvalue weighted by Crippen LogP contribution is -2.32. The zero-order valence-corrected chi connectivity index (χ0v) is 6.08. The number of rotatable bonds is 4. The minimum atomic E-state index is 0.238. The van der Waals surface area contributed by atoms with Gasteiger partial charge in [-0.15, -0.1) is 0 Å². The summed E-state index contributed by atoms with van der Waals surface area (Å²) in [5.41, 5.74) is 0. The van der Waals surface area contributed by atoms with Crippen molar-refractivity contribution in [2.45, 2.75) is 18.9 Å². The van der Waals surface area contributed by atoms with Crippen molar-refractivity contribution in [1.29, 1.82) is 0 Å². The lowest BCUT2D eigenvalue weighted by atomic mass is 9.84. The second-order valence-electron chi connectivity index (χ2n) is 2.56. The first kappa shape index (κ1) is 7.69. The molecule has 0 aliphatic heterocycles. The molecule has 10 heavy (non-hydrogen) atoms. The van der Waals surface area contributed by atoms with E-state index in [9.17, 15) is 4.79 Å². The predicted octanol–water partition coefficient (Wildman–Crippen LogP) is 0.584. The monoisotopic (exact) mass is 144 g/mol. The molecule has 0 atom stereocenters. The van der Waals surface area contributed by atoms with Gasteiger partial charge in [0, 0.05) is 13.0 Å². The number of methoxy groups -OCH3 is 1. The molecule has 0 aromatic heterocycles. The molecule has 1 aliphatic rings. The molecule has 0 saturated heterocycles. The Labute approximate surface area is 60.3 Å². The van der Waals surface area contributed by atoms with Crippen LogP contribution in [0.3, 0.4) is 0 Å². The van der Waals surface area contributed by atoms with E-state index in [4.69, 9.17) is 9.47 Å². The van der Waals surface area contributed by atoms with Crippen LogP contribution < -0.4 is 0 Å². The number of carbonyl (C=O) groups is 1. The van der Waals surface area contributed by atoms with Crippen molar-refractivity contribution < 1.29 is 14.3 Å². The maximum absolute atomic E-state index is 10.1. The summed E-state index contributed by atoms with van der Waals surface area (Å²) in [4.78, 5) is 10.1. The standard InChI is InChI=1S/C7H12O3/c1-9-5-10-7-2-6(3-7)4-8/h4,6-7H,2-3,5H2,1H3. The first-order valence-corrected chi connectivity index (χ1v) is 3.42. The molecule has 1 aliphatic carbocycles. The molecule has 0 radical (unpaired) electrons. The second-order valence-corrected chi connectivity index (χ2v) is 2.56. The number of carbonyl (C=O) groups excluding carboxylic acids is 1. The summed E-state index contributed by atoms with van der Waals surface area (Å²) in [6, 6.07) is 0. The fraction of sp³-hybridized carbons (Fsp3) is 0.857. The van der Waals surface area contributed by atoms with Crippen LogP contribution in [0.25, 0.3) is 0 Å². The second kappa shape index (κ2) is 3.68. The van der Waals surface area contributed by atoms with Crippen molar-refractivity contribution in [3.8, 4) is 0 Å². The summed E-state index contributed by atoms with van der Waals surface area (Å²) >= 11 is 0. The number of hydrogen-bond donors (Lipinski definition) is 0. The van der Waals surface area contributed by atoms with Crippen LogP contribution in [0.5, 0.6) is 0 Å². The molecular weight excluding hydrogens is 132 g/mol. The SMILES string of the molecule is COCOC1CC(C=O)C1. The fourth-order valence-electron chi connectivity index (χ4n) is 1.02. The minimum absolute atomic E-state index is 0.238. The van der Waals surface area contributed by atoms with Gasteiger partial charge >= 0.3 is 0 Å². The summed E-state index contributed by atoms with van der Waals surface area (Å²) in [6.07, 6.45) is 2.99. The summed E-state index contributed by atoms with van der Waals surface area (Å²) in [5, 5.41) is 0. The maximum atomic E-state index is 10.1. The molecule has 3 heteroatoms. The molecule has 1 rings (SSSR count). The van der Waals surface area contributed by atoms with Gasteiger partial charge in [0.2, 0.25) is 0 Å². The summed E-state index contributed by atoms with van der Waals surface area (Å²) < 4.78 is 9.88. The van der Waals surface area contributed by atoms with E-state index in [2.05, 4.69) is 0 Å². The van der Waals surface area contributed by atoms with Gasteiger partial charge in [-0.25, -0.2) is 0 Å². The fourth-order valence-corrected chi connectivity index (χ4v) is 1.02. The molecule has 0 N–H and O–H groups in total. The quantitative estimate of drug-likeness (QED) is 0.428. The Morgan fingerprint density at radius 3 is 2.80 bits per heavy atom. The third kappa shape index (κ3) is 1.78. The zero-order valence-electron chi connectivity index (χ0n) is 6.08. The highest BCUT2D eigenvalue weighted by atomic mass is 16.7. The van der Waals surface area contributed by atoms with Gasteiger partial charge in [0.25, 0.3) is 0 Å². The van der Waals surface area contributed by atoms with E-state index in [0.29, 0.717) is 6.79 Å². The summed E-state index contributed by atoms with van der Waals surface area (Å²) in [5.74, 6) is 0.238. The largest absolute Gasteiger partial charge is 0.359 e. The lowest BCUT2D eigenvalue weighted by molar-refractivity contribution is -0.132. The Morgan fingerprint density at radius 1 is 1.60 bits per heavy atom. The topological polar surface area (TPSA) is 35.5 Å². The molecule has 0 unspecified atom stereocenters. The van der Waals surface area contributed by atoms with Crippen LogP contribution in [0, 0.1) is 5.92 Å². The van der Waals surface area contributed by atoms with Gasteiger partial charge in [0.05, 0.1) is 6.10 Å². The highest BCUT2D eigenvalue weighted by molar-refractivity contribution is 5.55. The van der Waals surface area contributed by atoms with Crippen LogP contribution in [-0.4, -0.2) is 26.3 Å². The zero-order chi connectivity index (χ0) is 7.40. The van der Waals surface area contributed by atoms with Crippen molar-refractivity contribution >= 4 is 6.29 Å². The van der Waals surface area contributed by atoms with E-state index in [1.165, 1.54) is 0 Å². The number of hydrogen-bond acceptors (Lipinski definition) is 3. The first-order valence-electron chi connectivity index (χ1n) is 3.42. The molecular formula is C7H12O3. The molecule has 0 bridgehead atoms. The number of ether oxygens (including phenoxy) is 2. The highest BCUT2D eigenvalue weighted by Crippen LogP contribution is 2.27. The number of aldehydes is 1. The molecule has 0 heterocycles. The van der Waals surface area contributed by atoms with Gasteiger partial charge in [-0.2, -0.15) is 0 Å². The molecule has 0 spiro atoms. The van der Waals surface area contributed by atoms with Crippen LogP contribution >= 0.6 is 0 Å². The Morgan fingerprint density at radius 2 is 2.30 bits per heavy atom. The van der Waals surface area contributed by atoms with Crippen molar-refractivity contribution in [3.63, 3.8) is 0 Å². The smallest absolute Gasteiger partial charge is 0.146 e. The molecule has 0 amide bonds. The van der Waals surface area contributed by atoms with Gasteiger partial charge in [-0.1, -0.05) is 0 Å². The Bertz CT molecular complexity index is 107. The van der Waals surface area contributed by atoms with Crippen molar-refractivity contribution in [3.05, 3.63) is 0 Å². The molecule has 0 aromatic carbocycles.